The number of fused-ring (bicyclic) bond motifs is 25. The highest BCUT2D eigenvalue weighted by Crippen LogP contribution is 2.54. The van der Waals surface area contributed by atoms with E-state index in [0.717, 1.165) is 66.8 Å². The van der Waals surface area contributed by atoms with Crippen LogP contribution in [0.15, 0.2) is 399 Å². The molecule has 584 valence electrons. The summed E-state index contributed by atoms with van der Waals surface area (Å²) in [7, 11) is 0. The Morgan fingerprint density at radius 3 is 0.992 bits per heavy atom. The van der Waals surface area contributed by atoms with Gasteiger partial charge in [0.05, 0.1) is 39.7 Å². The van der Waals surface area contributed by atoms with Gasteiger partial charge in [-0.1, -0.05) is 234 Å². The molecule has 20 aromatic carbocycles. The molecule has 5 aromatic heterocycles. The van der Waals surface area contributed by atoms with Crippen LogP contribution in [-0.2, 0) is 10.8 Å². The van der Waals surface area contributed by atoms with Gasteiger partial charge in [0.15, 0.2) is 5.69 Å². The van der Waals surface area contributed by atoms with Gasteiger partial charge in [-0.3, -0.25) is 0 Å². The molecular weight excluding hydrogens is 1520 g/mol. The predicted octanol–water partition coefficient (Wildman–Crippen LogP) is 33.3. The molecule has 0 radical (unpaired) electrons. The summed E-state index contributed by atoms with van der Waals surface area (Å²) in [5, 5.41) is 21.5. The Morgan fingerprint density at radius 1 is 0.232 bits per heavy atom. The summed E-state index contributed by atoms with van der Waals surface area (Å²) >= 11 is 0. The molecule has 0 bridgehead atoms. The van der Waals surface area contributed by atoms with E-state index in [1.54, 1.807) is 0 Å². The van der Waals surface area contributed by atoms with E-state index in [1.807, 2.05) is 6.07 Å². The van der Waals surface area contributed by atoms with Crippen LogP contribution in [-0.4, -0.2) is 8.80 Å². The van der Waals surface area contributed by atoms with Gasteiger partial charge in [-0.15, -0.1) is 0 Å². The monoisotopic (exact) mass is 1590 g/mol. The molecule has 125 heavy (non-hydrogen) atoms. The molecule has 0 saturated heterocycles. The Balaban J connectivity index is 0.000000134. The second kappa shape index (κ2) is 26.5. The van der Waals surface area contributed by atoms with Crippen LogP contribution >= 0.6 is 0 Å². The summed E-state index contributed by atoms with van der Waals surface area (Å²) in [6.07, 6.45) is 0. The molecule has 0 amide bonds. The molecule has 5 heterocycles. The summed E-state index contributed by atoms with van der Waals surface area (Å²) in [6, 6.07) is 145. The second-order valence-corrected chi connectivity index (χ2v) is 35.4. The van der Waals surface area contributed by atoms with Crippen molar-refractivity contribution in [3.05, 3.63) is 428 Å². The first kappa shape index (κ1) is 70.7. The van der Waals surface area contributed by atoms with Crippen LogP contribution in [0.3, 0.4) is 0 Å². The first-order chi connectivity index (χ1) is 61.4. The van der Waals surface area contributed by atoms with Gasteiger partial charge in [0.1, 0.15) is 11.2 Å². The van der Waals surface area contributed by atoms with Crippen LogP contribution in [0, 0.1) is 6.57 Å². The molecule has 0 aliphatic heterocycles. The lowest BCUT2D eigenvalue weighted by atomic mass is 9.81. The topological polar surface area (TPSA) is 32.8 Å². The Bertz CT molecular complexity index is 8410. The maximum Gasteiger partial charge on any atom is 0.188 e. The molecular formula is C119H77N5O. The lowest BCUT2D eigenvalue weighted by Gasteiger charge is -2.25. The van der Waals surface area contributed by atoms with Crippen molar-refractivity contribution in [2.45, 2.75) is 38.5 Å². The van der Waals surface area contributed by atoms with Crippen molar-refractivity contribution >= 4 is 181 Å². The van der Waals surface area contributed by atoms with E-state index in [0.29, 0.717) is 5.69 Å². The fraction of sp³-hybridized carbons (Fsp3) is 0.0504. The Kier molecular flexibility index (Phi) is 15.0. The number of para-hydroxylation sites is 5. The van der Waals surface area contributed by atoms with E-state index in [-0.39, 0.29) is 10.8 Å². The summed E-state index contributed by atoms with van der Waals surface area (Å²) in [6.45, 7) is 17.5. The van der Waals surface area contributed by atoms with E-state index < -0.39 is 0 Å². The Morgan fingerprint density at radius 2 is 0.560 bits per heavy atom. The van der Waals surface area contributed by atoms with E-state index in [4.69, 9.17) is 11.0 Å². The summed E-state index contributed by atoms with van der Waals surface area (Å²) in [5.41, 5.74) is 34.5. The van der Waals surface area contributed by atoms with Crippen molar-refractivity contribution in [1.29, 1.82) is 0 Å². The fourth-order valence-corrected chi connectivity index (χ4v) is 21.8. The minimum Gasteiger partial charge on any atom is -0.456 e. The highest BCUT2D eigenvalue weighted by molar-refractivity contribution is 6.29. The maximum absolute atomic E-state index is 8.06. The van der Waals surface area contributed by atoms with Crippen LogP contribution in [0.2, 0.25) is 0 Å². The molecule has 2 aliphatic rings. The van der Waals surface area contributed by atoms with Crippen molar-refractivity contribution in [1.82, 2.24) is 8.80 Å². The van der Waals surface area contributed by atoms with Crippen LogP contribution in [0.5, 0.6) is 0 Å². The normalized spacial score (nSPS) is 13.2. The van der Waals surface area contributed by atoms with E-state index in [2.05, 4.69) is 439 Å². The molecule has 27 rings (SSSR count). The zero-order valence-electron chi connectivity index (χ0n) is 69.2. The SMILES string of the molecule is [C-]#[N+]c1cc2c3cc4ccc(-c5ccc6c(c5)C(C)(C)c5ccccc5-6)cc4cc3n3c4cc5cc(-c6ccc7c(c6)C(C)(C)c6ccccc6-7)ccc5cc4c(c1)c23.c1ccc(N(c2ccccc2)c2ccc3cc4c5cc(-c6ccc7oc8ccccc8c7c6)cc6c7cc8ccc(N(c9ccccc9)c9ccccc9)cc8cc7n(c4cc3c2)c56)cc1. The molecule has 6 heteroatoms. The van der Waals surface area contributed by atoms with Gasteiger partial charge >= 0.3 is 0 Å². The van der Waals surface area contributed by atoms with Gasteiger partial charge in [-0.2, -0.15) is 0 Å². The first-order valence-corrected chi connectivity index (χ1v) is 43.3. The number of anilines is 6. The van der Waals surface area contributed by atoms with E-state index in [1.165, 1.54) is 186 Å². The lowest BCUT2D eigenvalue weighted by molar-refractivity contribution is 0.660. The van der Waals surface area contributed by atoms with Crippen molar-refractivity contribution in [2.24, 2.45) is 0 Å². The third-order valence-corrected chi connectivity index (χ3v) is 27.8. The minimum atomic E-state index is -0.0496. The van der Waals surface area contributed by atoms with Crippen molar-refractivity contribution in [2.75, 3.05) is 9.80 Å². The van der Waals surface area contributed by atoms with Crippen LogP contribution in [0.25, 0.3) is 202 Å². The Labute approximate surface area is 721 Å². The molecule has 0 saturated carbocycles. The number of hydrogen-bond donors (Lipinski definition) is 0. The molecule has 0 fully saturated rings. The first-order valence-electron chi connectivity index (χ1n) is 43.3. The van der Waals surface area contributed by atoms with Gasteiger partial charge in [0.25, 0.3) is 0 Å². The van der Waals surface area contributed by atoms with Gasteiger partial charge in [0.2, 0.25) is 0 Å². The number of furan rings is 1. The van der Waals surface area contributed by atoms with Crippen LogP contribution in [0.4, 0.5) is 39.8 Å². The standard InChI is InChI=1S/C62H39N3O.C57H38N2/c1-5-15-46(16-6-1)63(47-17-7-2-8-18-47)50-28-25-40-33-53-56-36-45(42-27-30-61-55(35-42)52-23-13-14-24-60(52)66-61)37-57-54-34-41-26-29-51(64(48-19-9-3-10-20-48)49-21-11-4-12-22-49)32-44(41)39-59(54)65(62(56)57)58(53)38-43(40)31-50;1-56(2)49-12-8-6-10-41(49)43-20-18-36(26-51(43)56)32-14-16-34-24-45-47-30-40(58-5)31-48-46-25-35-17-15-33(23-39(35)29-54(46)59(55(47)48)53(45)28-38(34)22-32)37-19-21-44-42-11-7-9-13-50(42)57(3,4)52(44)27-37/h1-39H;6-31H,1-4H3. The van der Waals surface area contributed by atoms with Gasteiger partial charge in [0, 0.05) is 88.0 Å². The third-order valence-electron chi connectivity index (χ3n) is 27.8. The number of benzene rings is 20. The summed E-state index contributed by atoms with van der Waals surface area (Å²) < 4.78 is 11.3. The van der Waals surface area contributed by atoms with Crippen molar-refractivity contribution < 1.29 is 4.42 Å². The number of nitrogens with zero attached hydrogens (tertiary/aromatic N) is 5. The average molecular weight is 1590 g/mol. The van der Waals surface area contributed by atoms with E-state index >= 15 is 0 Å². The number of aromatic nitrogens is 2. The predicted molar refractivity (Wildman–Crippen MR) is 527 cm³/mol. The third kappa shape index (κ3) is 10.6. The Hall–Kier alpha value is -16.1. The number of rotatable bonds is 9. The second-order valence-electron chi connectivity index (χ2n) is 35.4. The highest BCUT2D eigenvalue weighted by Gasteiger charge is 2.37. The number of hydrogen-bond acceptors (Lipinski definition) is 3. The molecule has 25 aromatic rings. The molecule has 6 nitrogen and oxygen atoms in total. The fourth-order valence-electron chi connectivity index (χ4n) is 21.8. The molecule has 0 unspecified atom stereocenters. The van der Waals surface area contributed by atoms with Gasteiger partial charge < -0.3 is 23.0 Å². The summed E-state index contributed by atoms with van der Waals surface area (Å²) in [4.78, 5) is 8.65. The zero-order chi connectivity index (χ0) is 82.8. The van der Waals surface area contributed by atoms with Gasteiger partial charge in [-0.25, -0.2) is 4.85 Å². The molecule has 0 N–H and O–H groups in total. The van der Waals surface area contributed by atoms with Crippen LogP contribution < -0.4 is 9.80 Å². The van der Waals surface area contributed by atoms with Crippen molar-refractivity contribution in [3.63, 3.8) is 0 Å². The maximum atomic E-state index is 8.06. The molecule has 0 atom stereocenters. The molecule has 2 aliphatic carbocycles. The average Bonchev–Trinajstić information content (AvgIpc) is 1.53. The summed E-state index contributed by atoms with van der Waals surface area (Å²) in [5.74, 6) is 0. The quantitative estimate of drug-likeness (QED) is 0.135. The van der Waals surface area contributed by atoms with Gasteiger partial charge in [-0.05, 0) is 320 Å². The minimum absolute atomic E-state index is 0.0496. The molecule has 0 spiro atoms. The van der Waals surface area contributed by atoms with E-state index in [9.17, 15) is 0 Å². The van der Waals surface area contributed by atoms with Crippen LogP contribution in [0.1, 0.15) is 49.9 Å². The smallest absolute Gasteiger partial charge is 0.188 e. The highest BCUT2D eigenvalue weighted by atomic mass is 16.3. The largest absolute Gasteiger partial charge is 0.456 e. The van der Waals surface area contributed by atoms with Crippen molar-refractivity contribution in [3.8, 4) is 55.6 Å². The lowest BCUT2D eigenvalue weighted by Crippen LogP contribution is -2.14. The zero-order valence-corrected chi connectivity index (χ0v) is 69.2.